The molecule has 26 heavy (non-hydrogen) atoms. The molecule has 0 spiro atoms. The third-order valence-electron chi connectivity index (χ3n) is 5.41. The summed E-state index contributed by atoms with van der Waals surface area (Å²) in [7, 11) is 1.99. The van der Waals surface area contributed by atoms with Crippen molar-refractivity contribution in [1.29, 1.82) is 0 Å². The van der Waals surface area contributed by atoms with Gasteiger partial charge in [-0.3, -0.25) is 4.79 Å². The first-order chi connectivity index (χ1) is 12.7. The van der Waals surface area contributed by atoms with E-state index in [4.69, 9.17) is 0 Å². The van der Waals surface area contributed by atoms with Gasteiger partial charge in [0.25, 0.3) is 0 Å². The summed E-state index contributed by atoms with van der Waals surface area (Å²) >= 11 is 1.70. The Bertz CT molecular complexity index is 656. The molecule has 0 saturated carbocycles. The Labute approximate surface area is 161 Å². The van der Waals surface area contributed by atoms with Crippen LogP contribution in [0.2, 0.25) is 0 Å². The minimum atomic E-state index is 0.285. The van der Waals surface area contributed by atoms with Crippen LogP contribution < -0.4 is 0 Å². The van der Waals surface area contributed by atoms with Crippen molar-refractivity contribution >= 4 is 17.2 Å². The van der Waals surface area contributed by atoms with Crippen LogP contribution in [-0.2, 0) is 17.6 Å². The number of hydrogen-bond donors (Lipinski definition) is 0. The summed E-state index contributed by atoms with van der Waals surface area (Å²) in [6, 6.07) is 13.2. The van der Waals surface area contributed by atoms with E-state index in [1.807, 2.05) is 11.9 Å². The number of piperidine rings is 1. The molecule has 1 aliphatic heterocycles. The van der Waals surface area contributed by atoms with Gasteiger partial charge in [0.1, 0.15) is 0 Å². The molecular formula is C22H30N2OS. The summed E-state index contributed by atoms with van der Waals surface area (Å²) < 4.78 is 0. The number of likely N-dealkylation sites (tertiary alicyclic amines) is 1. The lowest BCUT2D eigenvalue weighted by atomic mass is 10.0. The van der Waals surface area contributed by atoms with Crippen LogP contribution in [0.1, 0.15) is 36.8 Å². The Hall–Kier alpha value is -1.65. The molecule has 1 amide bonds. The number of amides is 1. The van der Waals surface area contributed by atoms with Gasteiger partial charge < -0.3 is 9.80 Å². The lowest BCUT2D eigenvalue weighted by Gasteiger charge is -2.37. The topological polar surface area (TPSA) is 23.6 Å². The van der Waals surface area contributed by atoms with Gasteiger partial charge in [0.05, 0.1) is 0 Å². The molecule has 3 nitrogen and oxygen atoms in total. The highest BCUT2D eigenvalue weighted by atomic mass is 32.1. The fourth-order valence-electron chi connectivity index (χ4n) is 3.77. The van der Waals surface area contributed by atoms with E-state index in [2.05, 4.69) is 52.1 Å². The highest BCUT2D eigenvalue weighted by Gasteiger charge is 2.25. The van der Waals surface area contributed by atoms with E-state index >= 15 is 0 Å². The zero-order chi connectivity index (χ0) is 18.2. The lowest BCUT2D eigenvalue weighted by molar-refractivity contribution is -0.133. The molecule has 2 aromatic rings. The van der Waals surface area contributed by atoms with E-state index in [1.54, 1.807) is 11.3 Å². The molecule has 0 N–H and O–H groups in total. The van der Waals surface area contributed by atoms with Crippen LogP contribution in [0.25, 0.3) is 0 Å². The zero-order valence-corrected chi connectivity index (χ0v) is 16.6. The van der Waals surface area contributed by atoms with Crippen LogP contribution in [0.5, 0.6) is 0 Å². The SMILES string of the molecule is CN(C(=O)CCc1ccsc1)[C@@H]1CCCN(CCCc2ccccc2)C1. The highest BCUT2D eigenvalue weighted by molar-refractivity contribution is 7.07. The van der Waals surface area contributed by atoms with Gasteiger partial charge in [-0.2, -0.15) is 11.3 Å². The maximum atomic E-state index is 12.6. The first kappa shape index (κ1) is 19.1. The molecule has 140 valence electrons. The van der Waals surface area contributed by atoms with Gasteiger partial charge in [-0.15, -0.1) is 0 Å². The monoisotopic (exact) mass is 370 g/mol. The normalized spacial score (nSPS) is 18.0. The summed E-state index contributed by atoms with van der Waals surface area (Å²) in [5.41, 5.74) is 2.70. The van der Waals surface area contributed by atoms with E-state index in [9.17, 15) is 4.79 Å². The fraction of sp³-hybridized carbons (Fsp3) is 0.500. The Morgan fingerprint density at radius 3 is 2.81 bits per heavy atom. The van der Waals surface area contributed by atoms with Crippen molar-refractivity contribution in [2.75, 3.05) is 26.7 Å². The van der Waals surface area contributed by atoms with E-state index in [0.29, 0.717) is 12.5 Å². The number of rotatable bonds is 8. The second-order valence-electron chi connectivity index (χ2n) is 7.32. The van der Waals surface area contributed by atoms with Gasteiger partial charge in [-0.05, 0) is 73.1 Å². The number of carbonyl (C=O) groups excluding carboxylic acids is 1. The number of thiophene rings is 1. The van der Waals surface area contributed by atoms with Crippen molar-refractivity contribution in [2.24, 2.45) is 0 Å². The number of nitrogens with zero attached hydrogens (tertiary/aromatic N) is 2. The number of aryl methyl sites for hydroxylation is 2. The summed E-state index contributed by atoms with van der Waals surface area (Å²) in [5.74, 6) is 0.285. The molecule has 4 heteroatoms. The van der Waals surface area contributed by atoms with Crippen LogP contribution in [0, 0.1) is 0 Å². The predicted octanol–water partition coefficient (Wildman–Crippen LogP) is 4.24. The quantitative estimate of drug-likeness (QED) is 0.694. The van der Waals surface area contributed by atoms with Crippen molar-refractivity contribution in [3.63, 3.8) is 0 Å². The van der Waals surface area contributed by atoms with Crippen molar-refractivity contribution in [3.05, 3.63) is 58.3 Å². The maximum Gasteiger partial charge on any atom is 0.222 e. The average Bonchev–Trinajstić information content (AvgIpc) is 3.20. The van der Waals surface area contributed by atoms with Crippen molar-refractivity contribution in [3.8, 4) is 0 Å². The molecule has 1 atom stereocenters. The van der Waals surface area contributed by atoms with Crippen molar-refractivity contribution in [2.45, 2.75) is 44.6 Å². The maximum absolute atomic E-state index is 12.6. The molecule has 2 heterocycles. The first-order valence-electron chi connectivity index (χ1n) is 9.75. The molecule has 1 aliphatic rings. The predicted molar refractivity (Wildman–Crippen MR) is 110 cm³/mol. The van der Waals surface area contributed by atoms with Crippen LogP contribution in [0.4, 0.5) is 0 Å². The molecule has 1 fully saturated rings. The molecule has 3 rings (SSSR count). The van der Waals surface area contributed by atoms with Crippen LogP contribution >= 0.6 is 11.3 Å². The Morgan fingerprint density at radius 2 is 2.04 bits per heavy atom. The molecule has 1 saturated heterocycles. The molecule has 0 aliphatic carbocycles. The van der Waals surface area contributed by atoms with Gasteiger partial charge in [-0.1, -0.05) is 30.3 Å². The summed E-state index contributed by atoms with van der Waals surface area (Å²) in [6.07, 6.45) is 6.13. The summed E-state index contributed by atoms with van der Waals surface area (Å²) in [4.78, 5) is 17.1. The van der Waals surface area contributed by atoms with Gasteiger partial charge in [-0.25, -0.2) is 0 Å². The summed E-state index contributed by atoms with van der Waals surface area (Å²) in [5, 5.41) is 4.22. The second kappa shape index (κ2) is 9.89. The van der Waals surface area contributed by atoms with Gasteiger partial charge in [0.2, 0.25) is 5.91 Å². The molecule has 1 aromatic heterocycles. The molecule has 0 radical (unpaired) electrons. The first-order valence-corrected chi connectivity index (χ1v) is 10.7. The largest absolute Gasteiger partial charge is 0.341 e. The summed E-state index contributed by atoms with van der Waals surface area (Å²) in [6.45, 7) is 3.32. The van der Waals surface area contributed by atoms with Crippen molar-refractivity contribution in [1.82, 2.24) is 9.80 Å². The third kappa shape index (κ3) is 5.68. The lowest BCUT2D eigenvalue weighted by Crippen LogP contribution is -2.48. The molecular weight excluding hydrogens is 340 g/mol. The zero-order valence-electron chi connectivity index (χ0n) is 15.8. The van der Waals surface area contributed by atoms with Gasteiger partial charge >= 0.3 is 0 Å². The van der Waals surface area contributed by atoms with E-state index in [1.165, 1.54) is 30.5 Å². The number of benzene rings is 1. The Morgan fingerprint density at radius 1 is 1.19 bits per heavy atom. The van der Waals surface area contributed by atoms with Crippen molar-refractivity contribution < 1.29 is 4.79 Å². The minimum Gasteiger partial charge on any atom is -0.341 e. The van der Waals surface area contributed by atoms with Gasteiger partial charge in [0.15, 0.2) is 0 Å². The smallest absolute Gasteiger partial charge is 0.222 e. The van der Waals surface area contributed by atoms with Crippen LogP contribution in [-0.4, -0.2) is 48.4 Å². The molecule has 0 bridgehead atoms. The molecule has 1 aromatic carbocycles. The van der Waals surface area contributed by atoms with Crippen LogP contribution in [0.15, 0.2) is 47.2 Å². The average molecular weight is 371 g/mol. The Balaban J connectivity index is 1.41. The second-order valence-corrected chi connectivity index (χ2v) is 8.10. The minimum absolute atomic E-state index is 0.285. The van der Waals surface area contributed by atoms with E-state index in [0.717, 1.165) is 32.4 Å². The van der Waals surface area contributed by atoms with Gasteiger partial charge in [0, 0.05) is 26.1 Å². The number of likely N-dealkylation sites (N-methyl/N-ethyl adjacent to an activating group) is 1. The standard InChI is InChI=1S/C22H30N2OS/c1-23(22(25)12-11-20-13-16-26-18-20)21-10-6-15-24(17-21)14-5-9-19-7-3-2-4-8-19/h2-4,7-8,13,16,18,21H,5-6,9-12,14-15,17H2,1H3/t21-/m1/s1. The van der Waals surface area contributed by atoms with E-state index < -0.39 is 0 Å². The van der Waals surface area contributed by atoms with E-state index in [-0.39, 0.29) is 5.91 Å². The highest BCUT2D eigenvalue weighted by Crippen LogP contribution is 2.17. The molecule has 0 unspecified atom stereocenters. The fourth-order valence-corrected chi connectivity index (χ4v) is 4.47. The Kier molecular flexibility index (Phi) is 7.27. The van der Waals surface area contributed by atoms with Crippen LogP contribution in [0.3, 0.4) is 0 Å². The third-order valence-corrected chi connectivity index (χ3v) is 6.14. The number of carbonyl (C=O) groups is 1. The number of hydrogen-bond acceptors (Lipinski definition) is 3.